The molecule has 7 heteroatoms. The smallest absolute Gasteiger partial charge is 0.239 e. The number of amides is 2. The molecule has 3 N–H and O–H groups in total. The molecule has 3 rings (SSSR count). The normalized spacial score (nSPS) is 16.0. The van der Waals surface area contributed by atoms with Crippen molar-refractivity contribution in [2.24, 2.45) is 5.92 Å². The third-order valence-corrected chi connectivity index (χ3v) is 4.54. The molecule has 1 saturated heterocycles. The van der Waals surface area contributed by atoms with Gasteiger partial charge in [0.2, 0.25) is 11.8 Å². The van der Waals surface area contributed by atoms with E-state index in [1.165, 1.54) is 7.11 Å². The Morgan fingerprint density at radius 2 is 1.85 bits per heavy atom. The van der Waals surface area contributed by atoms with Crippen LogP contribution in [0.5, 0.6) is 5.75 Å². The molecule has 1 fully saturated rings. The lowest BCUT2D eigenvalue weighted by atomic mass is 10.1. The van der Waals surface area contributed by atoms with E-state index in [0.717, 1.165) is 16.8 Å². The van der Waals surface area contributed by atoms with Gasteiger partial charge in [-0.15, -0.1) is 12.4 Å². The molecule has 0 bridgehead atoms. The van der Waals surface area contributed by atoms with Crippen molar-refractivity contribution in [1.82, 2.24) is 0 Å². The van der Waals surface area contributed by atoms with Crippen molar-refractivity contribution in [3.8, 4) is 5.75 Å². The summed E-state index contributed by atoms with van der Waals surface area (Å²) < 4.78 is 5.11. The predicted molar refractivity (Wildman–Crippen MR) is 110 cm³/mol. The van der Waals surface area contributed by atoms with Gasteiger partial charge in [0.05, 0.1) is 12.8 Å². The number of nitrogens with zero attached hydrogens (tertiary/aromatic N) is 1. The van der Waals surface area contributed by atoms with E-state index < -0.39 is 5.92 Å². The first-order valence-corrected chi connectivity index (χ1v) is 8.53. The van der Waals surface area contributed by atoms with E-state index in [-0.39, 0.29) is 24.2 Å². The fraction of sp³-hybridized carbons (Fsp3) is 0.300. The largest absolute Gasteiger partial charge is 0.495 e. The second kappa shape index (κ2) is 8.31. The van der Waals surface area contributed by atoms with Crippen LogP contribution in [0.1, 0.15) is 17.5 Å². The van der Waals surface area contributed by atoms with Crippen LogP contribution in [0.3, 0.4) is 0 Å². The molecule has 6 nitrogen and oxygen atoms in total. The summed E-state index contributed by atoms with van der Waals surface area (Å²) in [5.41, 5.74) is 9.87. The molecule has 0 aliphatic carbocycles. The van der Waals surface area contributed by atoms with E-state index in [0.29, 0.717) is 30.1 Å². The molecule has 2 aromatic rings. The molecule has 0 saturated carbocycles. The number of ether oxygens (including phenoxy) is 1. The highest BCUT2D eigenvalue weighted by Crippen LogP contribution is 2.29. The van der Waals surface area contributed by atoms with Gasteiger partial charge in [-0.1, -0.05) is 6.07 Å². The van der Waals surface area contributed by atoms with E-state index in [1.807, 2.05) is 26.0 Å². The third-order valence-electron chi connectivity index (χ3n) is 4.54. The number of nitrogens with two attached hydrogens (primary N) is 1. The van der Waals surface area contributed by atoms with Crippen molar-refractivity contribution in [3.63, 3.8) is 0 Å². The second-order valence-corrected chi connectivity index (χ2v) is 6.62. The number of benzene rings is 2. The second-order valence-electron chi connectivity index (χ2n) is 6.62. The number of carbonyl (C=O) groups is 2. The molecule has 1 unspecified atom stereocenters. The van der Waals surface area contributed by atoms with Crippen LogP contribution in [0.4, 0.5) is 17.1 Å². The minimum atomic E-state index is -0.695. The molecule has 0 radical (unpaired) electrons. The van der Waals surface area contributed by atoms with Gasteiger partial charge in [0.25, 0.3) is 0 Å². The highest BCUT2D eigenvalue weighted by Gasteiger charge is 2.37. The molecule has 1 heterocycles. The molecular weight excluding hydrogens is 366 g/mol. The SMILES string of the molecule is COc1ccc(NC(=O)C2CCN(c3cc(C)cc(C)c3)C2=O)cc1N.Cl. The molecule has 0 aromatic heterocycles. The zero-order valence-corrected chi connectivity index (χ0v) is 16.4. The summed E-state index contributed by atoms with van der Waals surface area (Å²) in [5, 5.41) is 2.78. The van der Waals surface area contributed by atoms with Gasteiger partial charge in [0.15, 0.2) is 0 Å². The lowest BCUT2D eigenvalue weighted by molar-refractivity contribution is -0.129. The van der Waals surface area contributed by atoms with Gasteiger partial charge in [-0.3, -0.25) is 9.59 Å². The Kier molecular flexibility index (Phi) is 6.33. The molecule has 0 spiro atoms. The minimum absolute atomic E-state index is 0. The number of halogens is 1. The van der Waals surface area contributed by atoms with Crippen LogP contribution in [0.15, 0.2) is 36.4 Å². The van der Waals surface area contributed by atoms with Crippen LogP contribution in [-0.4, -0.2) is 25.5 Å². The maximum Gasteiger partial charge on any atom is 0.239 e. The van der Waals surface area contributed by atoms with E-state index in [2.05, 4.69) is 11.4 Å². The van der Waals surface area contributed by atoms with Crippen LogP contribution >= 0.6 is 12.4 Å². The maximum atomic E-state index is 12.7. The summed E-state index contributed by atoms with van der Waals surface area (Å²) in [4.78, 5) is 27.0. The van der Waals surface area contributed by atoms with Crippen molar-refractivity contribution in [3.05, 3.63) is 47.5 Å². The summed E-state index contributed by atoms with van der Waals surface area (Å²) in [5.74, 6) is -0.638. The van der Waals surface area contributed by atoms with Crippen molar-refractivity contribution < 1.29 is 14.3 Å². The Balaban J connectivity index is 0.00000261. The average molecular weight is 390 g/mol. The van der Waals surface area contributed by atoms with Crippen molar-refractivity contribution in [2.75, 3.05) is 29.6 Å². The van der Waals surface area contributed by atoms with Crippen LogP contribution in [0, 0.1) is 19.8 Å². The Hall–Kier alpha value is -2.73. The topological polar surface area (TPSA) is 84.7 Å². The van der Waals surface area contributed by atoms with Gasteiger partial charge >= 0.3 is 0 Å². The van der Waals surface area contributed by atoms with Crippen molar-refractivity contribution in [2.45, 2.75) is 20.3 Å². The zero-order valence-electron chi connectivity index (χ0n) is 15.6. The number of hydrogen-bond donors (Lipinski definition) is 2. The standard InChI is InChI=1S/C20H23N3O3.ClH/c1-12-8-13(2)10-15(9-12)23-7-6-16(20(23)25)19(24)22-14-4-5-18(26-3)17(21)11-14;/h4-5,8-11,16H,6-7,21H2,1-3H3,(H,22,24);1H. The molecule has 2 aromatic carbocycles. The molecule has 1 aliphatic heterocycles. The number of rotatable bonds is 4. The lowest BCUT2D eigenvalue weighted by Crippen LogP contribution is -2.33. The van der Waals surface area contributed by atoms with Gasteiger partial charge in [-0.05, 0) is 61.7 Å². The van der Waals surface area contributed by atoms with Gasteiger partial charge in [0, 0.05) is 17.9 Å². The monoisotopic (exact) mass is 389 g/mol. The molecule has 2 amide bonds. The van der Waals surface area contributed by atoms with Gasteiger partial charge < -0.3 is 20.7 Å². The fourth-order valence-electron chi connectivity index (χ4n) is 3.33. The van der Waals surface area contributed by atoms with Crippen molar-refractivity contribution >= 4 is 41.3 Å². The predicted octanol–water partition coefficient (Wildman–Crippen LogP) is 3.31. The number of hydrogen-bond acceptors (Lipinski definition) is 4. The summed E-state index contributed by atoms with van der Waals surface area (Å²) in [7, 11) is 1.53. The van der Waals surface area contributed by atoms with E-state index >= 15 is 0 Å². The van der Waals surface area contributed by atoms with Crippen molar-refractivity contribution in [1.29, 1.82) is 0 Å². The number of nitrogen functional groups attached to an aromatic ring is 1. The molecule has 1 aliphatic rings. The number of methoxy groups -OCH3 is 1. The van der Waals surface area contributed by atoms with Crippen LogP contribution in [0.2, 0.25) is 0 Å². The first-order valence-electron chi connectivity index (χ1n) is 8.53. The van der Waals surface area contributed by atoms with Gasteiger partial charge in [0.1, 0.15) is 11.7 Å². The van der Waals surface area contributed by atoms with E-state index in [9.17, 15) is 9.59 Å². The van der Waals surface area contributed by atoms with E-state index in [1.54, 1.807) is 23.1 Å². The number of aryl methyl sites for hydroxylation is 2. The Labute approximate surface area is 165 Å². The molecular formula is C20H24ClN3O3. The Morgan fingerprint density at radius 3 is 2.44 bits per heavy atom. The Bertz CT molecular complexity index is 849. The zero-order chi connectivity index (χ0) is 18.8. The number of anilines is 3. The molecule has 1 atom stereocenters. The van der Waals surface area contributed by atoms with Gasteiger partial charge in [-0.25, -0.2) is 0 Å². The first kappa shape index (κ1) is 20.6. The van der Waals surface area contributed by atoms with E-state index in [4.69, 9.17) is 10.5 Å². The molecule has 144 valence electrons. The quantitative estimate of drug-likeness (QED) is 0.620. The highest BCUT2D eigenvalue weighted by atomic mass is 35.5. The molecule has 27 heavy (non-hydrogen) atoms. The minimum Gasteiger partial charge on any atom is -0.495 e. The summed E-state index contributed by atoms with van der Waals surface area (Å²) in [6, 6.07) is 11.0. The third kappa shape index (κ3) is 4.34. The first-order chi connectivity index (χ1) is 12.4. The van der Waals surface area contributed by atoms with Crippen LogP contribution < -0.4 is 20.7 Å². The summed E-state index contributed by atoms with van der Waals surface area (Å²) in [6.07, 6.45) is 0.489. The average Bonchev–Trinajstić information content (AvgIpc) is 2.96. The maximum absolute atomic E-state index is 12.7. The van der Waals surface area contributed by atoms with Gasteiger partial charge in [-0.2, -0.15) is 0 Å². The Morgan fingerprint density at radius 1 is 1.19 bits per heavy atom. The number of carbonyl (C=O) groups excluding carboxylic acids is 2. The summed E-state index contributed by atoms with van der Waals surface area (Å²) >= 11 is 0. The number of nitrogens with one attached hydrogen (secondary N) is 1. The van der Waals surface area contributed by atoms with Crippen LogP contribution in [-0.2, 0) is 9.59 Å². The summed E-state index contributed by atoms with van der Waals surface area (Å²) in [6.45, 7) is 4.52. The lowest BCUT2D eigenvalue weighted by Gasteiger charge is -2.18. The van der Waals surface area contributed by atoms with Crippen LogP contribution in [0.25, 0.3) is 0 Å². The fourth-order valence-corrected chi connectivity index (χ4v) is 3.33. The highest BCUT2D eigenvalue weighted by molar-refractivity contribution is 6.13.